The van der Waals surface area contributed by atoms with Crippen molar-refractivity contribution in [2.75, 3.05) is 21.3 Å². The number of rotatable bonds is 9. The van der Waals surface area contributed by atoms with Crippen LogP contribution in [0.15, 0.2) is 0 Å². The van der Waals surface area contributed by atoms with Crippen LogP contribution in [0.4, 0.5) is 14.4 Å². The molecule has 0 aromatic heterocycles. The summed E-state index contributed by atoms with van der Waals surface area (Å²) >= 11 is 0. The maximum absolute atomic E-state index is 11.9. The average molecular weight is 888 g/mol. The Hall–Kier alpha value is -4.19. The molecule has 3 atom stereocenters. The lowest BCUT2D eigenvalue weighted by Crippen LogP contribution is -2.50. The number of nitrogens with one attached hydrogen (secondary N) is 3. The zero-order valence-corrected chi connectivity index (χ0v) is 39.7. The molecule has 62 heavy (non-hydrogen) atoms. The molecule has 3 rings (SSSR count). The van der Waals surface area contributed by atoms with Crippen LogP contribution in [0.5, 0.6) is 0 Å². The van der Waals surface area contributed by atoms with Crippen molar-refractivity contribution in [2.45, 2.75) is 199 Å². The summed E-state index contributed by atoms with van der Waals surface area (Å²) in [4.78, 5) is 82.4. The lowest BCUT2D eigenvalue weighted by atomic mass is 9.77. The Kier molecular flexibility index (Phi) is 21.6. The van der Waals surface area contributed by atoms with Gasteiger partial charge in [0.15, 0.2) is 0 Å². The number of Topliss-reactive ketones (excluding diaryl/α,β-unsaturated/α-hetero) is 1. The van der Waals surface area contributed by atoms with Crippen LogP contribution in [-0.2, 0) is 47.6 Å². The van der Waals surface area contributed by atoms with Gasteiger partial charge in [0.2, 0.25) is 0 Å². The second kappa shape index (κ2) is 24.0. The molecule has 0 aromatic rings. The number of hydrogen-bond donors (Lipinski definition) is 5. The quantitative estimate of drug-likeness (QED) is 0.136. The third-order valence-electron chi connectivity index (χ3n) is 10.6. The molecule has 18 nitrogen and oxygen atoms in total. The van der Waals surface area contributed by atoms with E-state index >= 15 is 0 Å². The van der Waals surface area contributed by atoms with E-state index in [0.29, 0.717) is 77.0 Å². The molecular formula is C44H77N3O15. The fourth-order valence-electron chi connectivity index (χ4n) is 7.28. The smallest absolute Gasteiger partial charge is 0.408 e. The predicted octanol–water partition coefficient (Wildman–Crippen LogP) is 5.80. The molecule has 0 aliphatic heterocycles. The summed E-state index contributed by atoms with van der Waals surface area (Å²) in [6.45, 7) is 19.4. The van der Waals surface area contributed by atoms with Gasteiger partial charge < -0.3 is 54.6 Å². The second-order valence-corrected chi connectivity index (χ2v) is 20.0. The van der Waals surface area contributed by atoms with Gasteiger partial charge in [-0.25, -0.2) is 28.8 Å². The van der Waals surface area contributed by atoms with Crippen molar-refractivity contribution in [1.82, 2.24) is 16.0 Å². The largest absolute Gasteiger partial charge is 0.467 e. The van der Waals surface area contributed by atoms with Crippen molar-refractivity contribution in [3.8, 4) is 0 Å². The van der Waals surface area contributed by atoms with E-state index < -0.39 is 82.3 Å². The summed E-state index contributed by atoms with van der Waals surface area (Å²) in [7, 11) is 3.87. The number of amides is 3. The molecule has 0 bridgehead atoms. The molecule has 3 aliphatic rings. The topological polar surface area (TPSA) is 251 Å². The summed E-state index contributed by atoms with van der Waals surface area (Å²) in [5.74, 6) is -1.46. The number of aliphatic hydroxyl groups is 2. The van der Waals surface area contributed by atoms with Gasteiger partial charge in [-0.15, -0.1) is 0 Å². The van der Waals surface area contributed by atoms with Crippen molar-refractivity contribution in [1.29, 1.82) is 0 Å². The van der Waals surface area contributed by atoms with E-state index in [1.807, 2.05) is 0 Å². The van der Waals surface area contributed by atoms with Gasteiger partial charge in [0.1, 0.15) is 40.7 Å². The molecule has 3 fully saturated rings. The monoisotopic (exact) mass is 888 g/mol. The SMILES string of the molecule is COC(=O)[C@@H](NC(=O)OC(C)(C)C)C1CCC(=O)CC1.COC(=O)[C@@H](NC(=O)OC(C)(C)C)C1CCC(C)(O)CC1.COC(=O)[C@@H](NC(=O)OC(C)(C)C)C1CCC(C)(O)CC1. The Morgan fingerprint density at radius 3 is 0.935 bits per heavy atom. The molecule has 0 radical (unpaired) electrons. The third-order valence-corrected chi connectivity index (χ3v) is 10.6. The van der Waals surface area contributed by atoms with Crippen LogP contribution in [0, 0.1) is 17.8 Å². The van der Waals surface area contributed by atoms with Gasteiger partial charge in [0.25, 0.3) is 0 Å². The minimum atomic E-state index is -0.761. The van der Waals surface area contributed by atoms with Gasteiger partial charge in [0, 0.05) is 12.8 Å². The zero-order chi connectivity index (χ0) is 47.9. The summed E-state index contributed by atoms with van der Waals surface area (Å²) in [6, 6.07) is -2.23. The van der Waals surface area contributed by atoms with Crippen LogP contribution in [0.25, 0.3) is 0 Å². The van der Waals surface area contributed by atoms with E-state index in [4.69, 9.17) is 28.4 Å². The average Bonchev–Trinajstić information content (AvgIpc) is 3.13. The third kappa shape index (κ3) is 22.2. The lowest BCUT2D eigenvalue weighted by molar-refractivity contribution is -0.146. The van der Waals surface area contributed by atoms with Crippen LogP contribution >= 0.6 is 0 Å². The number of esters is 3. The number of carbonyl (C=O) groups is 7. The molecule has 18 heteroatoms. The van der Waals surface area contributed by atoms with Crippen molar-refractivity contribution < 1.29 is 72.2 Å². The molecule has 0 heterocycles. The first-order valence-corrected chi connectivity index (χ1v) is 21.5. The Bertz CT molecular complexity index is 1410. The fraction of sp³-hybridized carbons (Fsp3) is 0.841. The van der Waals surface area contributed by atoms with E-state index in [9.17, 15) is 43.8 Å². The molecule has 0 aromatic carbocycles. The van der Waals surface area contributed by atoms with E-state index in [0.717, 1.165) is 0 Å². The normalized spacial score (nSPS) is 24.6. The molecule has 3 amide bonds. The molecule has 0 spiro atoms. The lowest BCUT2D eigenvalue weighted by Gasteiger charge is -2.36. The molecule has 3 aliphatic carbocycles. The van der Waals surface area contributed by atoms with Gasteiger partial charge >= 0.3 is 36.2 Å². The highest BCUT2D eigenvalue weighted by molar-refractivity contribution is 5.84. The predicted molar refractivity (Wildman–Crippen MR) is 228 cm³/mol. The van der Waals surface area contributed by atoms with E-state index in [1.165, 1.54) is 21.3 Å². The first-order chi connectivity index (χ1) is 28.3. The Morgan fingerprint density at radius 1 is 0.500 bits per heavy atom. The number of ether oxygens (including phenoxy) is 6. The van der Waals surface area contributed by atoms with Crippen molar-refractivity contribution in [2.24, 2.45) is 17.8 Å². The van der Waals surface area contributed by atoms with Gasteiger partial charge in [-0.2, -0.15) is 0 Å². The highest BCUT2D eigenvalue weighted by Gasteiger charge is 2.40. The molecule has 0 unspecified atom stereocenters. The van der Waals surface area contributed by atoms with Crippen LogP contribution in [-0.4, -0.2) is 120 Å². The molecular weight excluding hydrogens is 810 g/mol. The summed E-state index contributed by atoms with van der Waals surface area (Å²) in [6.07, 6.45) is 5.14. The number of carbonyl (C=O) groups excluding carboxylic acids is 7. The Morgan fingerprint density at radius 2 is 0.726 bits per heavy atom. The number of ketones is 1. The standard InChI is InChI=1S/2C15H27NO5.C14H23NO5/c2*1-14(2,3)21-13(18)16-11(12(17)20-5)10-6-8-15(4,19)9-7-10;1-14(2,3)20-13(18)15-11(12(17)19-4)9-5-7-10(16)8-6-9/h2*10-11,19H,6-9H2,1-5H3,(H,16,18);9,11H,5-8H2,1-4H3,(H,15,18)/t2*10?,11-,15?;11-/m000/s1. The highest BCUT2D eigenvalue weighted by Crippen LogP contribution is 2.35. The maximum atomic E-state index is 11.9. The Balaban J connectivity index is 0.000000465. The number of methoxy groups -OCH3 is 3. The minimum absolute atomic E-state index is 0.0507. The van der Waals surface area contributed by atoms with Gasteiger partial charge in [-0.1, -0.05) is 0 Å². The summed E-state index contributed by atoms with van der Waals surface area (Å²) in [5, 5.41) is 27.7. The summed E-state index contributed by atoms with van der Waals surface area (Å²) in [5.41, 5.74) is -3.26. The van der Waals surface area contributed by atoms with Crippen molar-refractivity contribution >= 4 is 42.0 Å². The van der Waals surface area contributed by atoms with Crippen LogP contribution in [0.1, 0.15) is 153 Å². The second-order valence-electron chi connectivity index (χ2n) is 20.0. The van der Waals surface area contributed by atoms with Crippen molar-refractivity contribution in [3.05, 3.63) is 0 Å². The first kappa shape index (κ1) is 55.8. The minimum Gasteiger partial charge on any atom is -0.467 e. The van der Waals surface area contributed by atoms with Gasteiger partial charge in [-0.3, -0.25) is 4.79 Å². The molecule has 0 saturated heterocycles. The van der Waals surface area contributed by atoms with Gasteiger partial charge in [0.05, 0.1) is 32.5 Å². The maximum Gasteiger partial charge on any atom is 0.408 e. The van der Waals surface area contributed by atoms with Gasteiger partial charge in [-0.05, 0) is 158 Å². The first-order valence-electron chi connectivity index (χ1n) is 21.5. The zero-order valence-electron chi connectivity index (χ0n) is 39.7. The number of alkyl carbamates (subject to hydrolysis) is 3. The summed E-state index contributed by atoms with van der Waals surface area (Å²) < 4.78 is 29.8. The highest BCUT2D eigenvalue weighted by atomic mass is 16.6. The Labute approximate surface area is 367 Å². The van der Waals surface area contributed by atoms with E-state index in [-0.39, 0.29) is 23.5 Å². The van der Waals surface area contributed by atoms with Crippen LogP contribution < -0.4 is 16.0 Å². The number of hydrogen-bond acceptors (Lipinski definition) is 15. The van der Waals surface area contributed by atoms with Crippen LogP contribution in [0.2, 0.25) is 0 Å². The van der Waals surface area contributed by atoms with Crippen LogP contribution in [0.3, 0.4) is 0 Å². The molecule has 3 saturated carbocycles. The molecule has 358 valence electrons. The van der Waals surface area contributed by atoms with E-state index in [1.54, 1.807) is 76.2 Å². The van der Waals surface area contributed by atoms with E-state index in [2.05, 4.69) is 16.0 Å². The molecule has 5 N–H and O–H groups in total. The van der Waals surface area contributed by atoms with Crippen molar-refractivity contribution in [3.63, 3.8) is 0 Å². The fourth-order valence-corrected chi connectivity index (χ4v) is 7.28.